The van der Waals surface area contributed by atoms with Gasteiger partial charge < -0.3 is 10.1 Å². The van der Waals surface area contributed by atoms with Gasteiger partial charge in [-0.1, -0.05) is 60.7 Å². The maximum absolute atomic E-state index is 5.87. The van der Waals surface area contributed by atoms with Crippen molar-refractivity contribution in [1.82, 2.24) is 0 Å². The highest BCUT2D eigenvalue weighted by Gasteiger charge is 1.99. The number of benzene rings is 3. The molecular formula is C21H21NO. The average molecular weight is 303 g/mol. The van der Waals surface area contributed by atoms with E-state index >= 15 is 0 Å². The van der Waals surface area contributed by atoms with Crippen molar-refractivity contribution in [1.29, 1.82) is 0 Å². The summed E-state index contributed by atoms with van der Waals surface area (Å²) < 4.78 is 5.87. The Labute approximate surface area is 137 Å². The van der Waals surface area contributed by atoms with Crippen molar-refractivity contribution >= 4 is 5.69 Å². The van der Waals surface area contributed by atoms with Crippen LogP contribution in [0.5, 0.6) is 5.75 Å². The third-order valence-electron chi connectivity index (χ3n) is 3.67. The van der Waals surface area contributed by atoms with E-state index in [2.05, 4.69) is 53.8 Å². The van der Waals surface area contributed by atoms with Crippen LogP contribution in [0.3, 0.4) is 0 Å². The first-order valence-electron chi connectivity index (χ1n) is 7.95. The molecule has 0 aromatic heterocycles. The number of ether oxygens (including phenoxy) is 1. The van der Waals surface area contributed by atoms with Gasteiger partial charge >= 0.3 is 0 Å². The summed E-state index contributed by atoms with van der Waals surface area (Å²) in [4.78, 5) is 0. The first kappa shape index (κ1) is 15.2. The van der Waals surface area contributed by atoms with Gasteiger partial charge in [0.1, 0.15) is 5.75 Å². The van der Waals surface area contributed by atoms with Gasteiger partial charge in [-0.3, -0.25) is 0 Å². The van der Waals surface area contributed by atoms with Crippen LogP contribution in [0.25, 0.3) is 0 Å². The summed E-state index contributed by atoms with van der Waals surface area (Å²) in [7, 11) is 0. The summed E-state index contributed by atoms with van der Waals surface area (Å²) in [5.41, 5.74) is 3.64. The largest absolute Gasteiger partial charge is 0.493 e. The molecule has 0 atom stereocenters. The Bertz CT molecular complexity index is 710. The molecule has 2 heteroatoms. The van der Waals surface area contributed by atoms with Crippen LogP contribution in [-0.4, -0.2) is 6.61 Å². The van der Waals surface area contributed by atoms with Gasteiger partial charge in [-0.2, -0.15) is 0 Å². The first-order valence-corrected chi connectivity index (χ1v) is 7.95. The minimum absolute atomic E-state index is 0.694. The fraction of sp³-hybridized carbons (Fsp3) is 0.143. The zero-order valence-electron chi connectivity index (χ0n) is 13.1. The highest BCUT2D eigenvalue weighted by Crippen LogP contribution is 2.15. The lowest BCUT2D eigenvalue weighted by Crippen LogP contribution is -2.03. The van der Waals surface area contributed by atoms with Crippen LogP contribution in [-0.2, 0) is 13.0 Å². The fourth-order valence-electron chi connectivity index (χ4n) is 2.44. The van der Waals surface area contributed by atoms with E-state index in [-0.39, 0.29) is 0 Å². The van der Waals surface area contributed by atoms with Crippen molar-refractivity contribution < 1.29 is 4.74 Å². The van der Waals surface area contributed by atoms with Crippen LogP contribution >= 0.6 is 0 Å². The van der Waals surface area contributed by atoms with Crippen molar-refractivity contribution in [2.45, 2.75) is 13.0 Å². The molecule has 23 heavy (non-hydrogen) atoms. The lowest BCUT2D eigenvalue weighted by atomic mass is 10.2. The van der Waals surface area contributed by atoms with Crippen molar-refractivity contribution in [3.63, 3.8) is 0 Å². The molecule has 0 aliphatic carbocycles. The number of para-hydroxylation sites is 1. The molecule has 3 aromatic carbocycles. The molecule has 0 aliphatic rings. The molecule has 0 heterocycles. The van der Waals surface area contributed by atoms with E-state index in [9.17, 15) is 0 Å². The van der Waals surface area contributed by atoms with E-state index in [0.29, 0.717) is 6.61 Å². The summed E-state index contributed by atoms with van der Waals surface area (Å²) in [6.07, 6.45) is 0.924. The summed E-state index contributed by atoms with van der Waals surface area (Å²) in [5.74, 6) is 0.924. The van der Waals surface area contributed by atoms with E-state index < -0.39 is 0 Å². The Morgan fingerprint density at radius 3 is 2.17 bits per heavy atom. The van der Waals surface area contributed by atoms with Gasteiger partial charge in [0.2, 0.25) is 0 Å². The lowest BCUT2D eigenvalue weighted by Gasteiger charge is -2.10. The maximum Gasteiger partial charge on any atom is 0.119 e. The molecular weight excluding hydrogens is 282 g/mol. The van der Waals surface area contributed by atoms with Crippen molar-refractivity contribution in [3.8, 4) is 5.75 Å². The molecule has 0 fully saturated rings. The second kappa shape index (κ2) is 8.04. The Morgan fingerprint density at radius 1 is 0.696 bits per heavy atom. The zero-order valence-corrected chi connectivity index (χ0v) is 13.1. The van der Waals surface area contributed by atoms with Crippen molar-refractivity contribution in [2.75, 3.05) is 11.9 Å². The molecule has 116 valence electrons. The Morgan fingerprint density at radius 2 is 1.39 bits per heavy atom. The second-order valence-corrected chi connectivity index (χ2v) is 5.45. The third kappa shape index (κ3) is 4.89. The van der Waals surface area contributed by atoms with Crippen LogP contribution in [0.4, 0.5) is 5.69 Å². The van der Waals surface area contributed by atoms with Crippen LogP contribution in [0, 0.1) is 0 Å². The Balaban J connectivity index is 1.51. The molecule has 0 saturated heterocycles. The number of hydrogen-bond acceptors (Lipinski definition) is 2. The van der Waals surface area contributed by atoms with E-state index in [4.69, 9.17) is 4.74 Å². The van der Waals surface area contributed by atoms with E-state index in [1.165, 1.54) is 11.1 Å². The van der Waals surface area contributed by atoms with Gasteiger partial charge in [-0.15, -0.1) is 0 Å². The molecule has 0 aliphatic heterocycles. The maximum atomic E-state index is 5.87. The monoisotopic (exact) mass is 303 g/mol. The van der Waals surface area contributed by atoms with Crippen molar-refractivity contribution in [3.05, 3.63) is 96.1 Å². The highest BCUT2D eigenvalue weighted by molar-refractivity contribution is 5.43. The standard InChI is InChI=1S/C21H21NO/c1-3-8-18(9-4-1)14-15-23-21-13-7-10-19(16-21)17-22-20-11-5-2-6-12-20/h1-13,16,22H,14-15,17H2. The fourth-order valence-corrected chi connectivity index (χ4v) is 2.44. The molecule has 0 unspecified atom stereocenters. The van der Waals surface area contributed by atoms with Crippen LogP contribution < -0.4 is 10.1 Å². The second-order valence-electron chi connectivity index (χ2n) is 5.45. The summed E-state index contributed by atoms with van der Waals surface area (Å²) in [5, 5.41) is 3.41. The quantitative estimate of drug-likeness (QED) is 0.669. The number of rotatable bonds is 7. The molecule has 0 saturated carbocycles. The topological polar surface area (TPSA) is 21.3 Å². The van der Waals surface area contributed by atoms with Gasteiger partial charge in [0.25, 0.3) is 0 Å². The van der Waals surface area contributed by atoms with Crippen LogP contribution in [0.15, 0.2) is 84.9 Å². The Hall–Kier alpha value is -2.74. The van der Waals surface area contributed by atoms with Gasteiger partial charge in [-0.25, -0.2) is 0 Å². The van der Waals surface area contributed by atoms with Crippen molar-refractivity contribution in [2.24, 2.45) is 0 Å². The molecule has 3 aromatic rings. The van der Waals surface area contributed by atoms with E-state index in [0.717, 1.165) is 24.4 Å². The lowest BCUT2D eigenvalue weighted by molar-refractivity contribution is 0.321. The van der Waals surface area contributed by atoms with Gasteiger partial charge in [0, 0.05) is 18.7 Å². The Kier molecular flexibility index (Phi) is 5.30. The SMILES string of the molecule is c1ccc(CCOc2cccc(CNc3ccccc3)c2)cc1. The molecule has 0 amide bonds. The molecule has 1 N–H and O–H groups in total. The normalized spacial score (nSPS) is 10.3. The van der Waals surface area contributed by atoms with Gasteiger partial charge in [0.05, 0.1) is 6.61 Å². The average Bonchev–Trinajstić information content (AvgIpc) is 2.62. The molecule has 0 bridgehead atoms. The van der Waals surface area contributed by atoms with Gasteiger partial charge in [0.15, 0.2) is 0 Å². The van der Waals surface area contributed by atoms with Crippen LogP contribution in [0.2, 0.25) is 0 Å². The predicted octanol–water partition coefficient (Wildman–Crippen LogP) is 4.92. The number of hydrogen-bond donors (Lipinski definition) is 1. The number of nitrogens with one attached hydrogen (secondary N) is 1. The highest BCUT2D eigenvalue weighted by atomic mass is 16.5. The number of anilines is 1. The summed E-state index contributed by atoms with van der Waals surface area (Å²) >= 11 is 0. The minimum Gasteiger partial charge on any atom is -0.493 e. The zero-order chi connectivity index (χ0) is 15.7. The smallest absolute Gasteiger partial charge is 0.119 e. The molecule has 0 radical (unpaired) electrons. The molecule has 3 rings (SSSR count). The third-order valence-corrected chi connectivity index (χ3v) is 3.67. The van der Waals surface area contributed by atoms with E-state index in [1.807, 2.05) is 36.4 Å². The van der Waals surface area contributed by atoms with E-state index in [1.54, 1.807) is 0 Å². The first-order chi connectivity index (χ1) is 11.4. The predicted molar refractivity (Wildman–Crippen MR) is 95.9 cm³/mol. The molecule has 0 spiro atoms. The minimum atomic E-state index is 0.694. The molecule has 2 nitrogen and oxygen atoms in total. The van der Waals surface area contributed by atoms with Gasteiger partial charge in [-0.05, 0) is 35.4 Å². The summed E-state index contributed by atoms with van der Waals surface area (Å²) in [6, 6.07) is 28.9. The van der Waals surface area contributed by atoms with Crippen LogP contribution in [0.1, 0.15) is 11.1 Å². The summed E-state index contributed by atoms with van der Waals surface area (Å²) in [6.45, 7) is 1.49.